The molecule has 0 aliphatic carbocycles. The van der Waals surface area contributed by atoms with Crippen LogP contribution in [-0.2, 0) is 21.2 Å². The van der Waals surface area contributed by atoms with Crippen LogP contribution >= 0.6 is 23.2 Å². The lowest BCUT2D eigenvalue weighted by atomic mass is 10.2. The van der Waals surface area contributed by atoms with E-state index in [1.54, 1.807) is 24.3 Å². The van der Waals surface area contributed by atoms with Crippen molar-refractivity contribution in [1.82, 2.24) is 4.31 Å². The molecule has 0 unspecified atom stereocenters. The van der Waals surface area contributed by atoms with Crippen molar-refractivity contribution in [2.45, 2.75) is 12.8 Å². The smallest absolute Gasteiger partial charge is 0.373 e. The molecule has 0 spiro atoms. The number of esters is 1. The van der Waals surface area contributed by atoms with Crippen molar-refractivity contribution in [2.24, 2.45) is 0 Å². The third-order valence-corrected chi connectivity index (χ3v) is 5.53. The minimum atomic E-state index is -3.41. The molecule has 154 valence electrons. The van der Waals surface area contributed by atoms with Crippen LogP contribution in [0.3, 0.4) is 0 Å². The molecular weight excluding hydrogens is 429 g/mol. The lowest BCUT2D eigenvalue weighted by molar-refractivity contribution is 0.0563. The molecule has 0 amide bonds. The molecular formula is C18H21Cl2NO6S. The Morgan fingerprint density at radius 2 is 1.82 bits per heavy atom. The zero-order chi connectivity index (χ0) is 20.7. The number of halogens is 2. The van der Waals surface area contributed by atoms with Crippen molar-refractivity contribution in [3.63, 3.8) is 0 Å². The van der Waals surface area contributed by atoms with E-state index in [1.807, 2.05) is 0 Å². The molecule has 0 saturated heterocycles. The zero-order valence-electron chi connectivity index (χ0n) is 15.5. The van der Waals surface area contributed by atoms with E-state index in [0.717, 1.165) is 6.26 Å². The van der Waals surface area contributed by atoms with Gasteiger partial charge in [0.2, 0.25) is 15.8 Å². The van der Waals surface area contributed by atoms with Gasteiger partial charge in [0.05, 0.1) is 13.4 Å². The summed E-state index contributed by atoms with van der Waals surface area (Å²) in [5.74, 6) is 0.615. The molecule has 1 heterocycles. The van der Waals surface area contributed by atoms with E-state index in [4.69, 9.17) is 32.4 Å². The fourth-order valence-electron chi connectivity index (χ4n) is 2.47. The maximum absolute atomic E-state index is 12.0. The molecule has 0 atom stereocenters. The quantitative estimate of drug-likeness (QED) is 0.514. The number of sulfonamides is 1. The molecule has 10 heteroatoms. The highest BCUT2D eigenvalue weighted by atomic mass is 35.5. The maximum atomic E-state index is 12.0. The van der Waals surface area contributed by atoms with Gasteiger partial charge in [-0.2, -0.15) is 4.31 Å². The summed E-state index contributed by atoms with van der Waals surface area (Å²) < 4.78 is 40.8. The predicted molar refractivity (Wildman–Crippen MR) is 107 cm³/mol. The highest BCUT2D eigenvalue weighted by Gasteiger charge is 2.17. The molecule has 0 fully saturated rings. The number of carbonyl (C=O) groups is 1. The van der Waals surface area contributed by atoms with Gasteiger partial charge in [-0.3, -0.25) is 0 Å². The second-order valence-electron chi connectivity index (χ2n) is 5.98. The Balaban J connectivity index is 1.86. The summed E-state index contributed by atoms with van der Waals surface area (Å²) in [6.07, 6.45) is 2.14. The van der Waals surface area contributed by atoms with Crippen LogP contribution in [0.4, 0.5) is 0 Å². The Bertz CT molecular complexity index is 892. The van der Waals surface area contributed by atoms with Crippen LogP contribution in [0, 0.1) is 0 Å². The zero-order valence-corrected chi connectivity index (χ0v) is 17.8. The molecule has 0 aliphatic rings. The number of rotatable bonds is 10. The SMILES string of the molecule is COC(=O)c1ccc(CCCN(CCOc2cc(Cl)cc(Cl)c2)S(C)(=O)=O)o1. The standard InChI is InChI=1S/C18H21Cl2NO6S/c1-25-18(22)17-6-5-15(27-17)4-3-7-21(28(2,23)24)8-9-26-16-11-13(19)10-14(20)12-16/h5-6,10-12H,3-4,7-9H2,1-2H3. The molecule has 0 radical (unpaired) electrons. The lowest BCUT2D eigenvalue weighted by Gasteiger charge is -2.20. The van der Waals surface area contributed by atoms with Gasteiger partial charge in [0.1, 0.15) is 18.1 Å². The first-order valence-corrected chi connectivity index (χ1v) is 11.0. The number of carbonyl (C=O) groups excluding carboxylic acids is 1. The summed E-state index contributed by atoms with van der Waals surface area (Å²) in [6.45, 7) is 0.609. The van der Waals surface area contributed by atoms with E-state index < -0.39 is 16.0 Å². The van der Waals surface area contributed by atoms with Gasteiger partial charge >= 0.3 is 5.97 Å². The molecule has 0 saturated carbocycles. The van der Waals surface area contributed by atoms with Gasteiger partial charge in [0.25, 0.3) is 0 Å². The third kappa shape index (κ3) is 7.01. The fraction of sp³-hybridized carbons (Fsp3) is 0.389. The Morgan fingerprint density at radius 3 is 2.43 bits per heavy atom. The van der Waals surface area contributed by atoms with Crippen molar-refractivity contribution in [3.05, 3.63) is 51.9 Å². The summed E-state index contributed by atoms with van der Waals surface area (Å²) in [6, 6.07) is 7.99. The largest absolute Gasteiger partial charge is 0.492 e. The van der Waals surface area contributed by atoms with E-state index in [1.165, 1.54) is 17.5 Å². The summed E-state index contributed by atoms with van der Waals surface area (Å²) in [5, 5.41) is 0.875. The van der Waals surface area contributed by atoms with Gasteiger partial charge < -0.3 is 13.9 Å². The van der Waals surface area contributed by atoms with Crippen molar-refractivity contribution < 1.29 is 27.1 Å². The van der Waals surface area contributed by atoms with Crippen LogP contribution in [-0.4, -0.2) is 51.8 Å². The maximum Gasteiger partial charge on any atom is 0.373 e. The Hall–Kier alpha value is -1.74. The average Bonchev–Trinajstić information content (AvgIpc) is 3.07. The Morgan fingerprint density at radius 1 is 1.14 bits per heavy atom. The van der Waals surface area contributed by atoms with Crippen molar-refractivity contribution in [1.29, 1.82) is 0 Å². The molecule has 0 bridgehead atoms. The number of hydrogen-bond acceptors (Lipinski definition) is 6. The van der Waals surface area contributed by atoms with Crippen molar-refractivity contribution in [2.75, 3.05) is 33.1 Å². The number of ether oxygens (including phenoxy) is 2. The molecule has 0 N–H and O–H groups in total. The molecule has 28 heavy (non-hydrogen) atoms. The third-order valence-electron chi connectivity index (χ3n) is 3.79. The Kier molecular flexibility index (Phi) is 8.18. The summed E-state index contributed by atoms with van der Waals surface area (Å²) >= 11 is 11.8. The van der Waals surface area contributed by atoms with Crippen molar-refractivity contribution in [3.8, 4) is 5.75 Å². The van der Waals surface area contributed by atoms with Crippen LogP contribution in [0.1, 0.15) is 22.7 Å². The topological polar surface area (TPSA) is 86.0 Å². The number of furan rings is 1. The number of benzene rings is 1. The van der Waals surface area contributed by atoms with E-state index in [-0.39, 0.29) is 25.5 Å². The van der Waals surface area contributed by atoms with Gasteiger partial charge in [-0.25, -0.2) is 13.2 Å². The van der Waals surface area contributed by atoms with Crippen LogP contribution in [0.2, 0.25) is 10.0 Å². The molecule has 2 aromatic rings. The predicted octanol–water partition coefficient (Wildman–Crippen LogP) is 3.65. The number of nitrogens with zero attached hydrogens (tertiary/aromatic N) is 1. The van der Waals surface area contributed by atoms with Crippen LogP contribution < -0.4 is 4.74 Å². The normalized spacial score (nSPS) is 11.6. The molecule has 7 nitrogen and oxygen atoms in total. The van der Waals surface area contributed by atoms with E-state index in [2.05, 4.69) is 4.74 Å². The minimum Gasteiger partial charge on any atom is -0.492 e. The minimum absolute atomic E-state index is 0.117. The first kappa shape index (κ1) is 22.5. The van der Waals surface area contributed by atoms with E-state index in [0.29, 0.717) is 34.4 Å². The lowest BCUT2D eigenvalue weighted by Crippen LogP contribution is -2.34. The molecule has 2 rings (SSSR count). The second-order valence-corrected chi connectivity index (χ2v) is 8.83. The van der Waals surface area contributed by atoms with Gasteiger partial charge in [0.15, 0.2) is 0 Å². The number of hydrogen-bond donors (Lipinski definition) is 0. The van der Waals surface area contributed by atoms with Gasteiger partial charge in [0, 0.05) is 29.6 Å². The summed E-state index contributed by atoms with van der Waals surface area (Å²) in [4.78, 5) is 11.4. The summed E-state index contributed by atoms with van der Waals surface area (Å²) in [7, 11) is -2.13. The van der Waals surface area contributed by atoms with Crippen molar-refractivity contribution >= 4 is 39.2 Å². The monoisotopic (exact) mass is 449 g/mol. The second kappa shape index (κ2) is 10.2. The fourth-order valence-corrected chi connectivity index (χ4v) is 3.85. The van der Waals surface area contributed by atoms with Crippen LogP contribution in [0.15, 0.2) is 34.7 Å². The average molecular weight is 450 g/mol. The number of methoxy groups -OCH3 is 1. The van der Waals surface area contributed by atoms with Gasteiger partial charge in [-0.1, -0.05) is 23.2 Å². The van der Waals surface area contributed by atoms with E-state index >= 15 is 0 Å². The highest BCUT2D eigenvalue weighted by Crippen LogP contribution is 2.24. The Labute approximate surface area is 174 Å². The molecule has 1 aromatic carbocycles. The summed E-state index contributed by atoms with van der Waals surface area (Å²) in [5.41, 5.74) is 0. The van der Waals surface area contributed by atoms with Gasteiger partial charge in [-0.05, 0) is 36.8 Å². The molecule has 0 aliphatic heterocycles. The highest BCUT2D eigenvalue weighted by molar-refractivity contribution is 7.88. The van der Waals surface area contributed by atoms with E-state index in [9.17, 15) is 13.2 Å². The first-order valence-electron chi connectivity index (χ1n) is 8.40. The number of aryl methyl sites for hydroxylation is 1. The molecule has 1 aromatic heterocycles. The van der Waals surface area contributed by atoms with Gasteiger partial charge in [-0.15, -0.1) is 0 Å². The van der Waals surface area contributed by atoms with Crippen LogP contribution in [0.5, 0.6) is 5.75 Å². The first-order chi connectivity index (χ1) is 13.2. The van der Waals surface area contributed by atoms with Crippen LogP contribution in [0.25, 0.3) is 0 Å².